The van der Waals surface area contributed by atoms with Crippen LogP contribution in [0.3, 0.4) is 0 Å². The molecular weight excluding hydrogens is 589 g/mol. The second-order valence-corrected chi connectivity index (χ2v) is 10.0. The molecule has 2 aromatic heterocycles. The van der Waals surface area contributed by atoms with Gasteiger partial charge in [0, 0.05) is 52.0 Å². The van der Waals surface area contributed by atoms with Gasteiger partial charge in [-0.2, -0.15) is 0 Å². The molecule has 0 bridgehead atoms. The van der Waals surface area contributed by atoms with Crippen LogP contribution in [0.25, 0.3) is 22.0 Å². The van der Waals surface area contributed by atoms with Crippen molar-refractivity contribution in [1.82, 2.24) is 9.55 Å². The zero-order chi connectivity index (χ0) is 28.9. The van der Waals surface area contributed by atoms with Crippen LogP contribution in [0.15, 0.2) is 94.3 Å². The summed E-state index contributed by atoms with van der Waals surface area (Å²) in [6, 6.07) is 22.2. The van der Waals surface area contributed by atoms with Crippen molar-refractivity contribution in [2.75, 3.05) is 23.1 Å². The number of para-hydroxylation sites is 1. The first-order valence-electron chi connectivity index (χ1n) is 12.9. The molecule has 0 spiro atoms. The summed E-state index contributed by atoms with van der Waals surface area (Å²) in [5, 5.41) is 9.25. The average Bonchev–Trinajstić information content (AvgIpc) is 2.98. The topological polar surface area (TPSA) is 97.3 Å². The molecule has 2 heterocycles. The summed E-state index contributed by atoms with van der Waals surface area (Å²) >= 11 is 3.40. The third-order valence-corrected chi connectivity index (χ3v) is 7.21. The number of hydrogen-bond acceptors (Lipinski definition) is 5. The molecule has 0 aliphatic rings. The first-order valence-corrected chi connectivity index (χ1v) is 13.7. The van der Waals surface area contributed by atoms with Crippen LogP contribution in [0.2, 0.25) is 0 Å². The number of anilines is 3. The number of pyridine rings is 2. The number of methoxy groups -OCH3 is 1. The molecule has 0 atom stereocenters. The molecule has 0 fully saturated rings. The van der Waals surface area contributed by atoms with Crippen molar-refractivity contribution >= 4 is 50.1 Å². The average molecular weight is 616 g/mol. The van der Waals surface area contributed by atoms with Crippen LogP contribution in [0.1, 0.15) is 12.5 Å². The minimum Gasteiger partial charge on any atom is -0.497 e. The second-order valence-electron chi connectivity index (χ2n) is 9.19. The van der Waals surface area contributed by atoms with Gasteiger partial charge in [-0.3, -0.25) is 4.79 Å². The predicted octanol–water partition coefficient (Wildman–Crippen LogP) is 7.25. The molecule has 2 amide bonds. The van der Waals surface area contributed by atoms with E-state index in [1.54, 1.807) is 48.2 Å². The van der Waals surface area contributed by atoms with Crippen molar-refractivity contribution in [3.8, 4) is 16.9 Å². The molecule has 5 rings (SSSR count). The van der Waals surface area contributed by atoms with Crippen molar-refractivity contribution in [1.29, 1.82) is 0 Å². The maximum Gasteiger partial charge on any atom is 0.323 e. The van der Waals surface area contributed by atoms with Crippen LogP contribution in [0.5, 0.6) is 5.75 Å². The molecule has 0 saturated carbocycles. The maximum atomic E-state index is 14.8. The van der Waals surface area contributed by atoms with Crippen LogP contribution < -0.4 is 26.2 Å². The molecule has 208 valence electrons. The minimum atomic E-state index is -0.644. The summed E-state index contributed by atoms with van der Waals surface area (Å²) in [5.74, 6) is 0.766. The van der Waals surface area contributed by atoms with E-state index >= 15 is 0 Å². The van der Waals surface area contributed by atoms with Gasteiger partial charge in [0.25, 0.3) is 5.56 Å². The number of fused-ring (bicyclic) bond motifs is 1. The smallest absolute Gasteiger partial charge is 0.323 e. The number of halogens is 2. The fraction of sp³-hybridized carbons (Fsp3) is 0.129. The van der Waals surface area contributed by atoms with Crippen LogP contribution in [-0.4, -0.2) is 22.7 Å². The van der Waals surface area contributed by atoms with E-state index in [0.717, 1.165) is 16.7 Å². The monoisotopic (exact) mass is 615 g/mol. The number of amides is 2. The molecule has 0 radical (unpaired) electrons. The van der Waals surface area contributed by atoms with E-state index < -0.39 is 11.8 Å². The van der Waals surface area contributed by atoms with Crippen LogP contribution in [0.4, 0.5) is 26.4 Å². The highest BCUT2D eigenvalue weighted by Crippen LogP contribution is 2.33. The van der Waals surface area contributed by atoms with E-state index in [1.807, 2.05) is 43.3 Å². The van der Waals surface area contributed by atoms with E-state index in [2.05, 4.69) is 36.9 Å². The molecule has 0 saturated heterocycles. The summed E-state index contributed by atoms with van der Waals surface area (Å²) < 4.78 is 22.1. The minimum absolute atomic E-state index is 0.0598. The molecule has 0 aliphatic carbocycles. The molecule has 3 N–H and O–H groups in total. The van der Waals surface area contributed by atoms with Gasteiger partial charge >= 0.3 is 6.03 Å². The Bertz CT molecular complexity index is 1780. The lowest BCUT2D eigenvalue weighted by Crippen LogP contribution is -2.22. The SMILES string of the molecule is CCn1c(=O)c(-c2cc(NC(=O)Nc3ccccc3)c(F)cc2Br)cc2cnc(NCc3ccc(OC)cc3)cc21. The van der Waals surface area contributed by atoms with Crippen molar-refractivity contribution in [2.24, 2.45) is 0 Å². The number of urea groups is 1. The van der Waals surface area contributed by atoms with Crippen molar-refractivity contribution < 1.29 is 13.9 Å². The number of carbonyl (C=O) groups excluding carboxylic acids is 1. The van der Waals surface area contributed by atoms with Crippen molar-refractivity contribution in [2.45, 2.75) is 20.0 Å². The van der Waals surface area contributed by atoms with Gasteiger partial charge in [-0.05, 0) is 55.0 Å². The Hall–Kier alpha value is -4.70. The van der Waals surface area contributed by atoms with Gasteiger partial charge in [0.1, 0.15) is 17.4 Å². The highest BCUT2D eigenvalue weighted by atomic mass is 79.9. The molecule has 41 heavy (non-hydrogen) atoms. The standard InChI is InChI=1S/C31H27BrFN5O3/c1-3-38-28-16-29(34-17-19-9-11-22(41-2)12-10-19)35-18-20(28)13-24(30(38)39)23-14-27(26(33)15-25(23)32)37-31(40)36-21-7-5-4-6-8-21/h4-16,18H,3,17H2,1-2H3,(H,34,35)(H2,36,37,40). The lowest BCUT2D eigenvalue weighted by atomic mass is 10.0. The number of hydrogen-bond donors (Lipinski definition) is 3. The summed E-state index contributed by atoms with van der Waals surface area (Å²) in [5.41, 5.74) is 2.81. The molecule has 0 unspecified atom stereocenters. The van der Waals surface area contributed by atoms with Crippen molar-refractivity contribution in [3.05, 3.63) is 111 Å². The van der Waals surface area contributed by atoms with E-state index in [4.69, 9.17) is 4.74 Å². The highest BCUT2D eigenvalue weighted by Gasteiger charge is 2.18. The van der Waals surface area contributed by atoms with Crippen molar-refractivity contribution in [3.63, 3.8) is 0 Å². The zero-order valence-corrected chi connectivity index (χ0v) is 24.0. The van der Waals surface area contributed by atoms with E-state index in [0.29, 0.717) is 45.7 Å². The zero-order valence-electron chi connectivity index (χ0n) is 22.4. The number of nitrogens with one attached hydrogen (secondary N) is 3. The Morgan fingerprint density at radius 2 is 1.76 bits per heavy atom. The predicted molar refractivity (Wildman–Crippen MR) is 164 cm³/mol. The van der Waals surface area contributed by atoms with Gasteiger partial charge in [0.2, 0.25) is 0 Å². The largest absolute Gasteiger partial charge is 0.497 e. The quantitative estimate of drug-likeness (QED) is 0.171. The first kappa shape index (κ1) is 27.9. The number of carbonyl (C=O) groups is 1. The maximum absolute atomic E-state index is 14.8. The van der Waals surface area contributed by atoms with Gasteiger partial charge in [-0.25, -0.2) is 14.2 Å². The number of aromatic nitrogens is 2. The molecule has 0 aliphatic heterocycles. The summed E-state index contributed by atoms with van der Waals surface area (Å²) in [6.07, 6.45) is 1.70. The van der Waals surface area contributed by atoms with Crippen LogP contribution >= 0.6 is 15.9 Å². The Kier molecular flexibility index (Phi) is 8.30. The number of nitrogens with zero attached hydrogens (tertiary/aromatic N) is 2. The summed E-state index contributed by atoms with van der Waals surface area (Å²) in [6.45, 7) is 2.84. The Balaban J connectivity index is 1.45. The third kappa shape index (κ3) is 6.22. The Morgan fingerprint density at radius 1 is 1.00 bits per heavy atom. The van der Waals surface area contributed by atoms with Crippen LogP contribution in [0, 0.1) is 5.82 Å². The Labute approximate surface area is 244 Å². The molecule has 10 heteroatoms. The lowest BCUT2D eigenvalue weighted by molar-refractivity contribution is 0.262. The van der Waals surface area contributed by atoms with Gasteiger partial charge in [0.15, 0.2) is 0 Å². The van der Waals surface area contributed by atoms with Gasteiger partial charge in [0.05, 0.1) is 18.3 Å². The Morgan fingerprint density at radius 3 is 2.46 bits per heavy atom. The van der Waals surface area contributed by atoms with Gasteiger partial charge < -0.3 is 25.3 Å². The number of ether oxygens (including phenoxy) is 1. The highest BCUT2D eigenvalue weighted by molar-refractivity contribution is 9.10. The fourth-order valence-corrected chi connectivity index (χ4v) is 5.00. The molecular formula is C31H27BrFN5O3. The number of benzene rings is 3. The fourth-order valence-electron chi connectivity index (χ4n) is 4.47. The normalized spacial score (nSPS) is 10.8. The third-order valence-electron chi connectivity index (χ3n) is 6.55. The summed E-state index contributed by atoms with van der Waals surface area (Å²) in [4.78, 5) is 30.7. The number of rotatable bonds is 8. The van der Waals surface area contributed by atoms with E-state index in [1.165, 1.54) is 12.1 Å². The lowest BCUT2D eigenvalue weighted by Gasteiger charge is -2.15. The molecule has 3 aromatic carbocycles. The first-order chi connectivity index (χ1) is 19.9. The molecule has 5 aromatic rings. The van der Waals surface area contributed by atoms with Crippen LogP contribution in [-0.2, 0) is 13.1 Å². The van der Waals surface area contributed by atoms with Gasteiger partial charge in [-0.1, -0.05) is 46.3 Å². The number of aryl methyl sites for hydroxylation is 1. The van der Waals surface area contributed by atoms with E-state index in [9.17, 15) is 14.0 Å². The molecule has 8 nitrogen and oxygen atoms in total. The summed E-state index contributed by atoms with van der Waals surface area (Å²) in [7, 11) is 1.63. The second kappa shape index (κ2) is 12.2. The van der Waals surface area contributed by atoms with Gasteiger partial charge in [-0.15, -0.1) is 0 Å². The van der Waals surface area contributed by atoms with E-state index in [-0.39, 0.29) is 11.2 Å².